The predicted octanol–water partition coefficient (Wildman–Crippen LogP) is 1.22. The van der Waals surface area contributed by atoms with Crippen LogP contribution in [0.5, 0.6) is 0 Å². The molecule has 6 heteroatoms. The predicted molar refractivity (Wildman–Crippen MR) is 86.0 cm³/mol. The lowest BCUT2D eigenvalue weighted by molar-refractivity contribution is -0.124. The second-order valence-corrected chi connectivity index (χ2v) is 10.2. The second kappa shape index (κ2) is 5.78. The summed E-state index contributed by atoms with van der Waals surface area (Å²) >= 11 is 0. The fraction of sp³-hybridized carbons (Fsp3) is 0.938. The molecule has 3 aliphatic rings. The van der Waals surface area contributed by atoms with E-state index in [9.17, 15) is 13.2 Å². The summed E-state index contributed by atoms with van der Waals surface area (Å²) in [7, 11) is -3.02. The number of rotatable bonds is 5. The van der Waals surface area contributed by atoms with E-state index in [0.717, 1.165) is 38.5 Å². The topological polar surface area (TPSA) is 89.3 Å². The van der Waals surface area contributed by atoms with Gasteiger partial charge in [0.05, 0.1) is 5.75 Å². The SMILES string of the molecule is CS(=O)(=O)CC1(CC(=O)NC2C3CCCC2CC(N)C3)CC1. The second-order valence-electron chi connectivity index (χ2n) is 8.02. The van der Waals surface area contributed by atoms with Crippen LogP contribution in [0.4, 0.5) is 0 Å². The standard InChI is InChI=1S/C16H28N2O3S/c1-22(20,21)10-16(5-6-16)9-14(19)18-15-11-3-2-4-12(15)8-13(17)7-11/h11-13,15H,2-10,17H2,1H3,(H,18,19). The summed E-state index contributed by atoms with van der Waals surface area (Å²) in [5.74, 6) is 1.21. The van der Waals surface area contributed by atoms with E-state index in [1.807, 2.05) is 0 Å². The van der Waals surface area contributed by atoms with Gasteiger partial charge in [0.1, 0.15) is 9.84 Å². The minimum atomic E-state index is -3.02. The van der Waals surface area contributed by atoms with Gasteiger partial charge in [-0.3, -0.25) is 4.79 Å². The number of carbonyl (C=O) groups is 1. The molecular weight excluding hydrogens is 300 g/mol. The summed E-state index contributed by atoms with van der Waals surface area (Å²) in [6, 6.07) is 0.540. The maximum absolute atomic E-state index is 12.4. The number of carbonyl (C=O) groups excluding carboxylic acids is 1. The molecule has 3 N–H and O–H groups in total. The molecule has 0 radical (unpaired) electrons. The minimum Gasteiger partial charge on any atom is -0.353 e. The number of hydrogen-bond donors (Lipinski definition) is 2. The summed E-state index contributed by atoms with van der Waals surface area (Å²) in [5.41, 5.74) is 5.84. The Balaban J connectivity index is 1.58. The molecule has 2 unspecified atom stereocenters. The van der Waals surface area contributed by atoms with Gasteiger partial charge in [-0.15, -0.1) is 0 Å². The van der Waals surface area contributed by atoms with Crippen molar-refractivity contribution in [2.45, 2.75) is 63.5 Å². The van der Waals surface area contributed by atoms with Crippen LogP contribution in [0.25, 0.3) is 0 Å². The molecule has 1 amide bonds. The van der Waals surface area contributed by atoms with Gasteiger partial charge < -0.3 is 11.1 Å². The third-order valence-electron chi connectivity index (χ3n) is 5.77. The van der Waals surface area contributed by atoms with Crippen molar-refractivity contribution in [3.05, 3.63) is 0 Å². The zero-order chi connectivity index (χ0) is 16.0. The van der Waals surface area contributed by atoms with Crippen LogP contribution >= 0.6 is 0 Å². The van der Waals surface area contributed by atoms with Gasteiger partial charge >= 0.3 is 0 Å². The van der Waals surface area contributed by atoms with Crippen molar-refractivity contribution in [3.8, 4) is 0 Å². The molecule has 0 aliphatic heterocycles. The molecule has 0 saturated heterocycles. The molecule has 3 saturated carbocycles. The molecule has 3 aliphatic carbocycles. The molecule has 3 rings (SSSR count). The van der Waals surface area contributed by atoms with Crippen molar-refractivity contribution in [1.82, 2.24) is 5.32 Å². The largest absolute Gasteiger partial charge is 0.353 e. The molecule has 0 aromatic carbocycles. The first-order valence-corrected chi connectivity index (χ1v) is 10.6. The highest BCUT2D eigenvalue weighted by atomic mass is 32.2. The Morgan fingerprint density at radius 1 is 1.23 bits per heavy atom. The number of hydrogen-bond acceptors (Lipinski definition) is 4. The molecular formula is C16H28N2O3S. The summed E-state index contributed by atoms with van der Waals surface area (Å²) in [5, 5.41) is 3.23. The van der Waals surface area contributed by atoms with Crippen LogP contribution < -0.4 is 11.1 Å². The van der Waals surface area contributed by atoms with Crippen LogP contribution in [0.1, 0.15) is 51.4 Å². The van der Waals surface area contributed by atoms with Crippen LogP contribution in [0, 0.1) is 17.3 Å². The Bertz CT molecular complexity index is 528. The molecule has 0 aromatic heterocycles. The highest BCUT2D eigenvalue weighted by molar-refractivity contribution is 7.90. The van der Waals surface area contributed by atoms with E-state index >= 15 is 0 Å². The van der Waals surface area contributed by atoms with Crippen LogP contribution in [-0.2, 0) is 14.6 Å². The summed E-state index contributed by atoms with van der Waals surface area (Å²) in [6.07, 6.45) is 8.91. The fourth-order valence-electron chi connectivity index (χ4n) is 4.71. The Hall–Kier alpha value is -0.620. The number of nitrogens with two attached hydrogens (primary N) is 1. The maximum Gasteiger partial charge on any atom is 0.220 e. The first kappa shape index (κ1) is 16.2. The fourth-order valence-corrected chi connectivity index (χ4v) is 6.21. The smallest absolute Gasteiger partial charge is 0.220 e. The molecule has 2 bridgehead atoms. The Labute approximate surface area is 133 Å². The number of fused-ring (bicyclic) bond motifs is 2. The normalized spacial score (nSPS) is 36.6. The quantitative estimate of drug-likeness (QED) is 0.794. The summed E-state index contributed by atoms with van der Waals surface area (Å²) < 4.78 is 23.0. The van der Waals surface area contributed by atoms with Crippen molar-refractivity contribution < 1.29 is 13.2 Å². The molecule has 0 heterocycles. The Kier molecular flexibility index (Phi) is 4.27. The zero-order valence-corrected chi connectivity index (χ0v) is 14.2. The van der Waals surface area contributed by atoms with Crippen LogP contribution in [0.15, 0.2) is 0 Å². The van der Waals surface area contributed by atoms with E-state index < -0.39 is 9.84 Å². The molecule has 2 atom stereocenters. The van der Waals surface area contributed by atoms with Gasteiger partial charge in [-0.1, -0.05) is 6.42 Å². The molecule has 0 aromatic rings. The number of sulfone groups is 1. The van der Waals surface area contributed by atoms with E-state index in [1.54, 1.807) is 0 Å². The van der Waals surface area contributed by atoms with E-state index in [-0.39, 0.29) is 29.2 Å². The molecule has 22 heavy (non-hydrogen) atoms. The number of amides is 1. The Morgan fingerprint density at radius 2 is 1.82 bits per heavy atom. The van der Waals surface area contributed by atoms with Crippen molar-refractivity contribution >= 4 is 15.7 Å². The number of nitrogens with one attached hydrogen (secondary N) is 1. The highest BCUT2D eigenvalue weighted by Crippen LogP contribution is 2.50. The van der Waals surface area contributed by atoms with Crippen LogP contribution in [0.3, 0.4) is 0 Å². The Morgan fingerprint density at radius 3 is 2.32 bits per heavy atom. The van der Waals surface area contributed by atoms with Gasteiger partial charge in [0.2, 0.25) is 5.91 Å². The van der Waals surface area contributed by atoms with Gasteiger partial charge in [-0.25, -0.2) is 8.42 Å². The lowest BCUT2D eigenvalue weighted by atomic mass is 9.67. The summed E-state index contributed by atoms with van der Waals surface area (Å²) in [4.78, 5) is 12.4. The lowest BCUT2D eigenvalue weighted by Gasteiger charge is -2.45. The van der Waals surface area contributed by atoms with Crippen molar-refractivity contribution in [1.29, 1.82) is 0 Å². The van der Waals surface area contributed by atoms with E-state index in [0.29, 0.717) is 18.3 Å². The van der Waals surface area contributed by atoms with Crippen LogP contribution in [0.2, 0.25) is 0 Å². The van der Waals surface area contributed by atoms with E-state index in [2.05, 4.69) is 5.32 Å². The third kappa shape index (κ3) is 3.82. The monoisotopic (exact) mass is 328 g/mol. The van der Waals surface area contributed by atoms with Gasteiger partial charge in [0.15, 0.2) is 0 Å². The van der Waals surface area contributed by atoms with Gasteiger partial charge in [0.25, 0.3) is 0 Å². The maximum atomic E-state index is 12.4. The van der Waals surface area contributed by atoms with E-state index in [4.69, 9.17) is 5.73 Å². The van der Waals surface area contributed by atoms with Gasteiger partial charge in [-0.05, 0) is 55.8 Å². The molecule has 126 valence electrons. The minimum absolute atomic E-state index is 0.0403. The molecule has 0 spiro atoms. The molecule has 3 fully saturated rings. The lowest BCUT2D eigenvalue weighted by Crippen LogP contribution is -2.54. The first-order chi connectivity index (χ1) is 10.3. The van der Waals surface area contributed by atoms with Crippen molar-refractivity contribution in [2.75, 3.05) is 12.0 Å². The van der Waals surface area contributed by atoms with Gasteiger partial charge in [0, 0.05) is 24.8 Å². The van der Waals surface area contributed by atoms with Gasteiger partial charge in [-0.2, -0.15) is 0 Å². The highest BCUT2D eigenvalue weighted by Gasteiger charge is 2.47. The van der Waals surface area contributed by atoms with Crippen LogP contribution in [-0.4, -0.2) is 38.4 Å². The average Bonchev–Trinajstić information content (AvgIpc) is 3.06. The average molecular weight is 328 g/mol. The summed E-state index contributed by atoms with van der Waals surface area (Å²) in [6.45, 7) is 0. The third-order valence-corrected chi connectivity index (χ3v) is 6.90. The van der Waals surface area contributed by atoms with Crippen molar-refractivity contribution in [2.24, 2.45) is 23.0 Å². The van der Waals surface area contributed by atoms with Crippen molar-refractivity contribution in [3.63, 3.8) is 0 Å². The first-order valence-electron chi connectivity index (χ1n) is 8.49. The molecule has 5 nitrogen and oxygen atoms in total. The zero-order valence-electron chi connectivity index (χ0n) is 13.4. The van der Waals surface area contributed by atoms with E-state index in [1.165, 1.54) is 12.7 Å².